The molecule has 0 fully saturated rings. The van der Waals surface area contributed by atoms with Gasteiger partial charge in [0.1, 0.15) is 5.75 Å². The lowest BCUT2D eigenvalue weighted by Crippen LogP contribution is -2.39. The molecular formula is C20H22F3N3O2. The van der Waals surface area contributed by atoms with Crippen molar-refractivity contribution in [3.8, 4) is 5.75 Å². The molecule has 0 spiro atoms. The summed E-state index contributed by atoms with van der Waals surface area (Å²) in [4.78, 5) is 16.5. The van der Waals surface area contributed by atoms with Gasteiger partial charge < -0.3 is 15.5 Å². The summed E-state index contributed by atoms with van der Waals surface area (Å²) in [5.41, 5.74) is -0.436. The molecule has 1 unspecified atom stereocenters. The average Bonchev–Trinajstić information content (AvgIpc) is 2.65. The van der Waals surface area contributed by atoms with Crippen molar-refractivity contribution in [3.05, 3.63) is 59.4 Å². The van der Waals surface area contributed by atoms with Crippen molar-refractivity contribution in [1.29, 1.82) is 5.41 Å². The molecule has 1 aromatic carbocycles. The van der Waals surface area contributed by atoms with E-state index in [2.05, 4.69) is 10.3 Å². The Hall–Kier alpha value is -2.90. The van der Waals surface area contributed by atoms with E-state index in [-0.39, 0.29) is 23.8 Å². The smallest absolute Gasteiger partial charge is 0.417 e. The molecule has 0 bridgehead atoms. The molecule has 0 saturated heterocycles. The van der Waals surface area contributed by atoms with Crippen LogP contribution in [-0.2, 0) is 17.5 Å². The third-order valence-electron chi connectivity index (χ3n) is 3.93. The topological polar surface area (TPSA) is 75.1 Å². The van der Waals surface area contributed by atoms with Crippen molar-refractivity contribution in [2.75, 3.05) is 0 Å². The molecule has 1 aromatic heterocycles. The van der Waals surface area contributed by atoms with Crippen LogP contribution in [0, 0.1) is 11.3 Å². The minimum atomic E-state index is -4.62. The predicted octanol–water partition coefficient (Wildman–Crippen LogP) is 4.21. The van der Waals surface area contributed by atoms with Crippen LogP contribution in [0.15, 0.2) is 42.7 Å². The minimum absolute atomic E-state index is 0.0693. The molecule has 150 valence electrons. The van der Waals surface area contributed by atoms with E-state index < -0.39 is 23.8 Å². The summed E-state index contributed by atoms with van der Waals surface area (Å²) in [5.74, 6) is -0.389. The number of amides is 1. The second-order valence-electron chi connectivity index (χ2n) is 6.71. The first-order chi connectivity index (χ1) is 13.2. The highest BCUT2D eigenvalue weighted by molar-refractivity contribution is 5.82. The highest BCUT2D eigenvalue weighted by Crippen LogP contribution is 2.34. The van der Waals surface area contributed by atoms with E-state index in [1.54, 1.807) is 24.5 Å². The maximum atomic E-state index is 13.2. The molecule has 1 heterocycles. The molecule has 5 nitrogen and oxygen atoms in total. The van der Waals surface area contributed by atoms with E-state index >= 15 is 0 Å². The van der Waals surface area contributed by atoms with E-state index in [9.17, 15) is 18.0 Å². The van der Waals surface area contributed by atoms with Gasteiger partial charge in [-0.05, 0) is 42.2 Å². The number of pyridine rings is 1. The van der Waals surface area contributed by atoms with Crippen molar-refractivity contribution < 1.29 is 22.7 Å². The first kappa shape index (κ1) is 21.4. The lowest BCUT2D eigenvalue weighted by atomic mass is 10.0. The third kappa shape index (κ3) is 6.07. The number of hydrogen-bond donors (Lipinski definition) is 2. The van der Waals surface area contributed by atoms with E-state index in [4.69, 9.17) is 10.1 Å². The molecule has 0 radical (unpaired) electrons. The van der Waals surface area contributed by atoms with E-state index in [0.29, 0.717) is 12.6 Å². The molecule has 8 heteroatoms. The molecule has 28 heavy (non-hydrogen) atoms. The number of nitrogens with zero attached hydrogens (tertiary/aromatic N) is 1. The van der Waals surface area contributed by atoms with Crippen molar-refractivity contribution >= 4 is 12.1 Å². The van der Waals surface area contributed by atoms with Gasteiger partial charge in [0.15, 0.2) is 6.10 Å². The minimum Gasteiger partial charge on any atom is -0.481 e. The van der Waals surface area contributed by atoms with Crippen molar-refractivity contribution in [2.24, 2.45) is 5.92 Å². The number of ether oxygens (including phenoxy) is 1. The number of carbonyl (C=O) groups is 1. The van der Waals surface area contributed by atoms with Crippen molar-refractivity contribution in [3.63, 3.8) is 0 Å². The number of aromatic nitrogens is 1. The third-order valence-corrected chi connectivity index (χ3v) is 3.93. The summed E-state index contributed by atoms with van der Waals surface area (Å²) in [6, 6.07) is 6.86. The molecule has 0 aliphatic carbocycles. The van der Waals surface area contributed by atoms with Crippen LogP contribution in [0.25, 0.3) is 0 Å². The van der Waals surface area contributed by atoms with Gasteiger partial charge in [0.05, 0.1) is 5.56 Å². The lowest BCUT2D eigenvalue weighted by Gasteiger charge is -2.21. The second-order valence-corrected chi connectivity index (χ2v) is 6.71. The molecule has 0 saturated carbocycles. The fraction of sp³-hybridized carbons (Fsp3) is 0.350. The van der Waals surface area contributed by atoms with Gasteiger partial charge in [-0.3, -0.25) is 9.78 Å². The van der Waals surface area contributed by atoms with Crippen LogP contribution in [0.2, 0.25) is 0 Å². The fourth-order valence-corrected chi connectivity index (χ4v) is 2.59. The normalized spacial score (nSPS) is 12.5. The molecule has 2 N–H and O–H groups in total. The van der Waals surface area contributed by atoms with E-state index in [0.717, 1.165) is 17.7 Å². The van der Waals surface area contributed by atoms with Crippen LogP contribution in [-0.4, -0.2) is 23.2 Å². The van der Waals surface area contributed by atoms with Gasteiger partial charge in [0.2, 0.25) is 0 Å². The Kier molecular flexibility index (Phi) is 7.14. The quantitative estimate of drug-likeness (QED) is 0.660. The van der Waals surface area contributed by atoms with Crippen LogP contribution in [0.3, 0.4) is 0 Å². The average molecular weight is 393 g/mol. The molecule has 1 amide bonds. The predicted molar refractivity (Wildman–Crippen MR) is 99.3 cm³/mol. The Morgan fingerprint density at radius 3 is 2.64 bits per heavy atom. The number of halogens is 3. The highest BCUT2D eigenvalue weighted by atomic mass is 19.4. The maximum absolute atomic E-state index is 13.2. The largest absolute Gasteiger partial charge is 0.481 e. The molecule has 1 atom stereocenters. The Morgan fingerprint density at radius 2 is 2.07 bits per heavy atom. The van der Waals surface area contributed by atoms with Crippen LogP contribution < -0.4 is 10.1 Å². The van der Waals surface area contributed by atoms with Crippen molar-refractivity contribution in [1.82, 2.24) is 10.3 Å². The summed E-state index contributed by atoms with van der Waals surface area (Å²) in [7, 11) is 0. The van der Waals surface area contributed by atoms with Gasteiger partial charge in [-0.1, -0.05) is 19.9 Å². The molecule has 2 rings (SSSR count). The Balaban J connectivity index is 2.17. The SMILES string of the molecule is CC(C)CC(Oc1ccc(C=N)c(C(F)(F)F)c1)C(=O)NCc1cccnc1. The van der Waals surface area contributed by atoms with Gasteiger partial charge >= 0.3 is 6.18 Å². The number of rotatable bonds is 8. The molecular weight excluding hydrogens is 371 g/mol. The summed E-state index contributed by atoms with van der Waals surface area (Å²) in [6.07, 6.45) is -1.35. The summed E-state index contributed by atoms with van der Waals surface area (Å²) in [5, 5.41) is 9.87. The first-order valence-electron chi connectivity index (χ1n) is 8.75. The zero-order valence-electron chi connectivity index (χ0n) is 15.6. The Morgan fingerprint density at radius 1 is 1.32 bits per heavy atom. The van der Waals surface area contributed by atoms with E-state index in [1.165, 1.54) is 6.07 Å². The number of carbonyl (C=O) groups excluding carboxylic acids is 1. The van der Waals surface area contributed by atoms with Crippen molar-refractivity contribution in [2.45, 2.75) is 39.1 Å². The number of hydrogen-bond acceptors (Lipinski definition) is 4. The number of nitrogens with one attached hydrogen (secondary N) is 2. The van der Waals surface area contributed by atoms with Gasteiger partial charge in [0.25, 0.3) is 5.91 Å². The highest BCUT2D eigenvalue weighted by Gasteiger charge is 2.34. The summed E-state index contributed by atoms with van der Waals surface area (Å²) >= 11 is 0. The van der Waals surface area contributed by atoms with Crippen LogP contribution >= 0.6 is 0 Å². The molecule has 0 aliphatic heterocycles. The van der Waals surface area contributed by atoms with Crippen LogP contribution in [0.1, 0.15) is 37.0 Å². The van der Waals surface area contributed by atoms with Gasteiger partial charge in [-0.25, -0.2) is 0 Å². The molecule has 2 aromatic rings. The Bertz CT molecular complexity index is 808. The van der Waals surface area contributed by atoms with E-state index in [1.807, 2.05) is 13.8 Å². The first-order valence-corrected chi connectivity index (χ1v) is 8.75. The fourth-order valence-electron chi connectivity index (χ4n) is 2.59. The van der Waals surface area contributed by atoms with Crippen LogP contribution in [0.4, 0.5) is 13.2 Å². The van der Waals surface area contributed by atoms with Gasteiger partial charge in [-0.15, -0.1) is 0 Å². The van der Waals surface area contributed by atoms with Crippen LogP contribution in [0.5, 0.6) is 5.75 Å². The summed E-state index contributed by atoms with van der Waals surface area (Å²) in [6.45, 7) is 4.03. The molecule has 0 aliphatic rings. The lowest BCUT2D eigenvalue weighted by molar-refractivity contribution is -0.137. The van der Waals surface area contributed by atoms with Gasteiger partial charge in [-0.2, -0.15) is 13.2 Å². The zero-order valence-corrected chi connectivity index (χ0v) is 15.6. The zero-order chi connectivity index (χ0) is 20.7. The number of alkyl halides is 3. The standard InChI is InChI=1S/C20H22F3N3O2/c1-13(2)8-18(19(27)26-12-14-4-3-7-25-11-14)28-16-6-5-15(10-24)17(9-16)20(21,22)23/h3-7,9-11,13,18,24H,8,12H2,1-2H3,(H,26,27). The second kappa shape index (κ2) is 9.34. The number of benzene rings is 1. The summed E-state index contributed by atoms with van der Waals surface area (Å²) < 4.78 is 45.2. The Labute approximate surface area is 161 Å². The van der Waals surface area contributed by atoms with Gasteiger partial charge in [0, 0.05) is 30.7 Å². The monoisotopic (exact) mass is 393 g/mol. The maximum Gasteiger partial charge on any atom is 0.417 e.